The van der Waals surface area contributed by atoms with E-state index in [1.165, 1.54) is 19.1 Å². The van der Waals surface area contributed by atoms with Gasteiger partial charge in [0.15, 0.2) is 5.84 Å². The minimum atomic E-state index is -4.37. The molecule has 0 unspecified atom stereocenters. The third kappa shape index (κ3) is 5.27. The Balaban J connectivity index is 2.63. The summed E-state index contributed by atoms with van der Waals surface area (Å²) in [6.07, 6.45) is -4.37. The monoisotopic (exact) mass is 317 g/mol. The molecule has 0 atom stereocenters. The van der Waals surface area contributed by atoms with E-state index >= 15 is 0 Å². The SMILES string of the molecule is CC(=O)NC(C)(C)/C(N)=N/OCc1ccc(C(F)(F)F)cc1. The number of carbonyl (C=O) groups is 1. The summed E-state index contributed by atoms with van der Waals surface area (Å²) in [4.78, 5) is 16.0. The fourth-order valence-electron chi connectivity index (χ4n) is 1.58. The lowest BCUT2D eigenvalue weighted by Crippen LogP contribution is -2.52. The molecule has 1 rings (SSSR count). The molecule has 0 aliphatic carbocycles. The Kier molecular flexibility index (Phi) is 5.40. The minimum Gasteiger partial charge on any atom is -0.389 e. The predicted octanol–water partition coefficient (Wildman–Crippen LogP) is 2.41. The summed E-state index contributed by atoms with van der Waals surface area (Å²) in [5, 5.41) is 6.26. The number of halogens is 3. The van der Waals surface area contributed by atoms with Crippen molar-refractivity contribution in [3.8, 4) is 0 Å². The summed E-state index contributed by atoms with van der Waals surface area (Å²) in [6.45, 7) is 4.61. The van der Waals surface area contributed by atoms with Crippen LogP contribution in [-0.4, -0.2) is 17.3 Å². The van der Waals surface area contributed by atoms with Gasteiger partial charge >= 0.3 is 6.18 Å². The molecule has 0 saturated carbocycles. The van der Waals surface area contributed by atoms with Crippen LogP contribution in [0.15, 0.2) is 29.4 Å². The Morgan fingerprint density at radius 3 is 2.27 bits per heavy atom. The number of nitrogens with two attached hydrogens (primary N) is 1. The second-order valence-electron chi connectivity index (χ2n) is 5.25. The molecule has 8 heteroatoms. The third-order valence-corrected chi connectivity index (χ3v) is 2.80. The number of rotatable bonds is 5. The van der Waals surface area contributed by atoms with Gasteiger partial charge in [0.2, 0.25) is 5.91 Å². The first kappa shape index (κ1) is 17.8. The zero-order chi connectivity index (χ0) is 17.0. The highest BCUT2D eigenvalue weighted by Gasteiger charge is 2.30. The average Bonchev–Trinajstić information content (AvgIpc) is 2.36. The number of hydrogen-bond donors (Lipinski definition) is 2. The normalized spacial score (nSPS) is 12.9. The number of amidine groups is 1. The van der Waals surface area contributed by atoms with Gasteiger partial charge in [0.1, 0.15) is 6.61 Å². The van der Waals surface area contributed by atoms with Gasteiger partial charge in [0.05, 0.1) is 11.1 Å². The quantitative estimate of drug-likeness (QED) is 0.497. The zero-order valence-corrected chi connectivity index (χ0v) is 12.5. The zero-order valence-electron chi connectivity index (χ0n) is 12.5. The first-order chi connectivity index (χ1) is 10.0. The van der Waals surface area contributed by atoms with Gasteiger partial charge in [-0.1, -0.05) is 17.3 Å². The van der Waals surface area contributed by atoms with Crippen LogP contribution < -0.4 is 11.1 Å². The predicted molar refractivity (Wildman–Crippen MR) is 75.8 cm³/mol. The number of amides is 1. The van der Waals surface area contributed by atoms with Crippen molar-refractivity contribution in [1.29, 1.82) is 0 Å². The molecule has 0 heterocycles. The molecular formula is C14H18F3N3O2. The molecule has 0 radical (unpaired) electrons. The van der Waals surface area contributed by atoms with Crippen molar-refractivity contribution >= 4 is 11.7 Å². The number of nitrogens with one attached hydrogen (secondary N) is 1. The van der Waals surface area contributed by atoms with Crippen LogP contribution in [0.2, 0.25) is 0 Å². The minimum absolute atomic E-state index is 0.0327. The van der Waals surface area contributed by atoms with Crippen LogP contribution in [0.5, 0.6) is 0 Å². The van der Waals surface area contributed by atoms with Crippen LogP contribution in [0.3, 0.4) is 0 Å². The van der Waals surface area contributed by atoms with E-state index in [9.17, 15) is 18.0 Å². The summed E-state index contributed by atoms with van der Waals surface area (Å²) < 4.78 is 37.2. The van der Waals surface area contributed by atoms with E-state index in [0.29, 0.717) is 5.56 Å². The summed E-state index contributed by atoms with van der Waals surface area (Å²) >= 11 is 0. The van der Waals surface area contributed by atoms with Crippen LogP contribution in [0.4, 0.5) is 13.2 Å². The highest BCUT2D eigenvalue weighted by molar-refractivity contribution is 5.92. The molecule has 1 aromatic carbocycles. The summed E-state index contributed by atoms with van der Waals surface area (Å²) in [7, 11) is 0. The Morgan fingerprint density at radius 1 is 1.27 bits per heavy atom. The van der Waals surface area contributed by atoms with E-state index in [2.05, 4.69) is 10.5 Å². The summed E-state index contributed by atoms with van der Waals surface area (Å²) in [5.74, 6) is -0.222. The van der Waals surface area contributed by atoms with Gasteiger partial charge in [0.25, 0.3) is 0 Å². The lowest BCUT2D eigenvalue weighted by Gasteiger charge is -2.24. The molecule has 1 aromatic rings. The van der Waals surface area contributed by atoms with Crippen LogP contribution in [0, 0.1) is 0 Å². The molecule has 0 fully saturated rings. The number of hydrogen-bond acceptors (Lipinski definition) is 3. The highest BCUT2D eigenvalue weighted by Crippen LogP contribution is 2.29. The summed E-state index contributed by atoms with van der Waals surface area (Å²) in [6, 6.07) is 4.53. The Morgan fingerprint density at radius 2 is 1.82 bits per heavy atom. The van der Waals surface area contributed by atoms with Crippen molar-refractivity contribution in [1.82, 2.24) is 5.32 Å². The Hall–Kier alpha value is -2.25. The van der Waals surface area contributed by atoms with Gasteiger partial charge in [-0.25, -0.2) is 0 Å². The van der Waals surface area contributed by atoms with Gasteiger partial charge in [-0.05, 0) is 31.5 Å². The van der Waals surface area contributed by atoms with Gasteiger partial charge in [-0.3, -0.25) is 4.79 Å². The van der Waals surface area contributed by atoms with Gasteiger partial charge in [-0.2, -0.15) is 13.2 Å². The number of carbonyl (C=O) groups excluding carboxylic acids is 1. The molecule has 0 bridgehead atoms. The number of benzene rings is 1. The van der Waals surface area contributed by atoms with Crippen LogP contribution in [0.1, 0.15) is 31.9 Å². The molecule has 0 aliphatic rings. The van der Waals surface area contributed by atoms with Crippen molar-refractivity contribution in [3.05, 3.63) is 35.4 Å². The number of oxime groups is 1. The smallest absolute Gasteiger partial charge is 0.389 e. The standard InChI is InChI=1S/C14H18F3N3O2/c1-9(21)19-13(2,3)12(18)20-22-8-10-4-6-11(7-5-10)14(15,16)17/h4-7H,8H2,1-3H3,(H2,18,20)(H,19,21). The fraction of sp³-hybridized carbons (Fsp3) is 0.429. The first-order valence-corrected chi connectivity index (χ1v) is 6.43. The maximum Gasteiger partial charge on any atom is 0.416 e. The Bertz CT molecular complexity index is 551. The maximum absolute atomic E-state index is 12.4. The van der Waals surface area contributed by atoms with Crippen molar-refractivity contribution < 1.29 is 22.8 Å². The number of alkyl halides is 3. The lowest BCUT2D eigenvalue weighted by atomic mass is 10.0. The van der Waals surface area contributed by atoms with E-state index in [-0.39, 0.29) is 18.3 Å². The fourth-order valence-corrected chi connectivity index (χ4v) is 1.58. The van der Waals surface area contributed by atoms with Crippen LogP contribution in [-0.2, 0) is 22.4 Å². The second-order valence-corrected chi connectivity index (χ2v) is 5.25. The number of nitrogens with zero attached hydrogens (tertiary/aromatic N) is 1. The molecule has 0 aromatic heterocycles. The third-order valence-electron chi connectivity index (χ3n) is 2.80. The van der Waals surface area contributed by atoms with Gasteiger partial charge in [-0.15, -0.1) is 0 Å². The second kappa shape index (κ2) is 6.67. The largest absolute Gasteiger partial charge is 0.416 e. The van der Waals surface area contributed by atoms with Crippen molar-refractivity contribution in [3.63, 3.8) is 0 Å². The molecule has 1 amide bonds. The van der Waals surface area contributed by atoms with Crippen LogP contribution in [0.25, 0.3) is 0 Å². The highest BCUT2D eigenvalue weighted by atomic mass is 19.4. The summed E-state index contributed by atoms with van der Waals surface area (Å²) in [5.41, 5.74) is 4.61. The molecule has 22 heavy (non-hydrogen) atoms. The van der Waals surface area contributed by atoms with E-state index in [0.717, 1.165) is 12.1 Å². The average molecular weight is 317 g/mol. The lowest BCUT2D eigenvalue weighted by molar-refractivity contribution is -0.137. The first-order valence-electron chi connectivity index (χ1n) is 6.43. The van der Waals surface area contributed by atoms with E-state index in [1.54, 1.807) is 13.8 Å². The molecule has 0 aliphatic heterocycles. The van der Waals surface area contributed by atoms with Crippen molar-refractivity contribution in [2.24, 2.45) is 10.9 Å². The molecule has 5 nitrogen and oxygen atoms in total. The van der Waals surface area contributed by atoms with Gasteiger partial charge in [0, 0.05) is 6.92 Å². The topological polar surface area (TPSA) is 76.7 Å². The Labute approximate surface area is 126 Å². The maximum atomic E-state index is 12.4. The molecular weight excluding hydrogens is 299 g/mol. The van der Waals surface area contributed by atoms with E-state index in [4.69, 9.17) is 10.6 Å². The van der Waals surface area contributed by atoms with Crippen LogP contribution >= 0.6 is 0 Å². The van der Waals surface area contributed by atoms with E-state index < -0.39 is 17.3 Å². The molecule has 3 N–H and O–H groups in total. The van der Waals surface area contributed by atoms with Crippen molar-refractivity contribution in [2.45, 2.75) is 39.1 Å². The molecule has 122 valence electrons. The molecule has 0 spiro atoms. The molecule has 0 saturated heterocycles. The van der Waals surface area contributed by atoms with E-state index in [1.807, 2.05) is 0 Å². The van der Waals surface area contributed by atoms with Gasteiger partial charge < -0.3 is 15.9 Å². The van der Waals surface area contributed by atoms with Crippen molar-refractivity contribution in [2.75, 3.05) is 0 Å².